The number of ether oxygens (including phenoxy) is 1. The van der Waals surface area contributed by atoms with Gasteiger partial charge < -0.3 is 14.7 Å². The number of aryl methyl sites for hydroxylation is 1. The number of hydrogen-bond acceptors (Lipinski definition) is 6. The van der Waals surface area contributed by atoms with E-state index in [0.29, 0.717) is 42.2 Å². The molecule has 1 aliphatic heterocycles. The molecule has 1 saturated heterocycles. The molecule has 0 aromatic carbocycles. The molecular formula is C18H25N5O3. The molecule has 0 aliphatic carbocycles. The predicted octanol–water partition coefficient (Wildman–Crippen LogP) is 1.69. The van der Waals surface area contributed by atoms with Gasteiger partial charge in [-0.1, -0.05) is 5.21 Å². The summed E-state index contributed by atoms with van der Waals surface area (Å²) in [7, 11) is 1.52. The highest BCUT2D eigenvalue weighted by Gasteiger charge is 2.39. The molecule has 1 amide bonds. The van der Waals surface area contributed by atoms with E-state index < -0.39 is 5.60 Å². The van der Waals surface area contributed by atoms with Crippen LogP contribution < -0.4 is 4.74 Å². The summed E-state index contributed by atoms with van der Waals surface area (Å²) in [5, 5.41) is 19.3. The summed E-state index contributed by atoms with van der Waals surface area (Å²) in [5.74, 6) is 0.253. The molecule has 0 radical (unpaired) electrons. The normalized spacial score (nSPS) is 20.5. The first kappa shape index (κ1) is 18.3. The minimum Gasteiger partial charge on any atom is -0.481 e. The lowest BCUT2D eigenvalue weighted by Gasteiger charge is -2.38. The van der Waals surface area contributed by atoms with Gasteiger partial charge in [0.15, 0.2) is 0 Å². The van der Waals surface area contributed by atoms with Gasteiger partial charge in [-0.05, 0) is 39.7 Å². The number of aromatic nitrogens is 4. The second kappa shape index (κ2) is 7.03. The third kappa shape index (κ3) is 3.55. The Kier molecular flexibility index (Phi) is 4.95. The summed E-state index contributed by atoms with van der Waals surface area (Å²) in [6, 6.07) is 3.51. The fourth-order valence-electron chi connectivity index (χ4n) is 3.21. The third-order valence-electron chi connectivity index (χ3n) is 4.66. The molecule has 26 heavy (non-hydrogen) atoms. The molecule has 0 saturated carbocycles. The van der Waals surface area contributed by atoms with Gasteiger partial charge in [-0.3, -0.25) is 4.79 Å². The number of β-amino-alcohol motifs (C(OH)–C–C–N with tert-alkyl or cyclic N) is 1. The van der Waals surface area contributed by atoms with E-state index in [0.717, 1.165) is 0 Å². The lowest BCUT2D eigenvalue weighted by Crippen LogP contribution is -2.48. The fraction of sp³-hybridized carbons (Fsp3) is 0.556. The van der Waals surface area contributed by atoms with Crippen LogP contribution in [0.4, 0.5) is 0 Å². The van der Waals surface area contributed by atoms with Crippen molar-refractivity contribution < 1.29 is 14.6 Å². The highest BCUT2D eigenvalue weighted by molar-refractivity contribution is 5.94. The Morgan fingerprint density at radius 1 is 1.38 bits per heavy atom. The van der Waals surface area contributed by atoms with Crippen molar-refractivity contribution in [1.82, 2.24) is 24.9 Å². The van der Waals surface area contributed by atoms with Crippen LogP contribution in [0.25, 0.3) is 0 Å². The minimum atomic E-state index is -1.19. The van der Waals surface area contributed by atoms with Gasteiger partial charge in [-0.15, -0.1) is 5.10 Å². The highest BCUT2D eigenvalue weighted by Crippen LogP contribution is 2.31. The summed E-state index contributed by atoms with van der Waals surface area (Å²) < 4.78 is 6.87. The zero-order valence-electron chi connectivity index (χ0n) is 15.6. The van der Waals surface area contributed by atoms with Gasteiger partial charge in [-0.25, -0.2) is 9.67 Å². The lowest BCUT2D eigenvalue weighted by atomic mass is 9.89. The second-order valence-electron chi connectivity index (χ2n) is 7.08. The summed E-state index contributed by atoms with van der Waals surface area (Å²) in [5.41, 5.74) is 0.532. The zero-order chi connectivity index (χ0) is 18.9. The largest absolute Gasteiger partial charge is 0.481 e. The number of carbonyl (C=O) groups is 1. The van der Waals surface area contributed by atoms with Crippen LogP contribution >= 0.6 is 0 Å². The van der Waals surface area contributed by atoms with Crippen molar-refractivity contribution in [3.63, 3.8) is 0 Å². The average molecular weight is 359 g/mol. The minimum absolute atomic E-state index is 0.150. The van der Waals surface area contributed by atoms with Gasteiger partial charge in [0.1, 0.15) is 11.3 Å². The van der Waals surface area contributed by atoms with Crippen LogP contribution in [0.3, 0.4) is 0 Å². The quantitative estimate of drug-likeness (QED) is 0.893. The van der Waals surface area contributed by atoms with Crippen molar-refractivity contribution in [2.75, 3.05) is 20.2 Å². The lowest BCUT2D eigenvalue weighted by molar-refractivity contribution is -0.0320. The summed E-state index contributed by atoms with van der Waals surface area (Å²) >= 11 is 0. The van der Waals surface area contributed by atoms with Gasteiger partial charge in [0, 0.05) is 29.9 Å². The maximum Gasteiger partial charge on any atom is 0.254 e. The number of likely N-dealkylation sites (tertiary alicyclic amines) is 1. The van der Waals surface area contributed by atoms with Crippen LogP contribution in [0.15, 0.2) is 18.3 Å². The van der Waals surface area contributed by atoms with Crippen LogP contribution in [0.1, 0.15) is 54.5 Å². The molecule has 3 rings (SSSR count). The first-order chi connectivity index (χ1) is 12.3. The molecule has 1 atom stereocenters. The van der Waals surface area contributed by atoms with Crippen molar-refractivity contribution >= 4 is 5.91 Å². The van der Waals surface area contributed by atoms with Gasteiger partial charge in [0.25, 0.3) is 5.91 Å². The van der Waals surface area contributed by atoms with Crippen LogP contribution in [0, 0.1) is 6.92 Å². The number of nitrogens with zero attached hydrogens (tertiary/aromatic N) is 5. The van der Waals surface area contributed by atoms with E-state index >= 15 is 0 Å². The van der Waals surface area contributed by atoms with Gasteiger partial charge in [-0.2, -0.15) is 0 Å². The topological polar surface area (TPSA) is 93.4 Å². The molecule has 1 N–H and O–H groups in total. The molecular weight excluding hydrogens is 334 g/mol. The smallest absolute Gasteiger partial charge is 0.254 e. The maximum atomic E-state index is 12.9. The summed E-state index contributed by atoms with van der Waals surface area (Å²) in [4.78, 5) is 18.8. The second-order valence-corrected chi connectivity index (χ2v) is 7.08. The Labute approximate surface area is 152 Å². The number of carbonyl (C=O) groups excluding carboxylic acids is 1. The highest BCUT2D eigenvalue weighted by atomic mass is 16.5. The van der Waals surface area contributed by atoms with Gasteiger partial charge >= 0.3 is 0 Å². The Morgan fingerprint density at radius 2 is 2.15 bits per heavy atom. The first-order valence-corrected chi connectivity index (χ1v) is 8.79. The van der Waals surface area contributed by atoms with E-state index in [1.54, 1.807) is 27.9 Å². The Balaban J connectivity index is 1.83. The number of aliphatic hydroxyl groups is 1. The molecule has 0 bridgehead atoms. The summed E-state index contributed by atoms with van der Waals surface area (Å²) in [6.07, 6.45) is 3.00. The number of hydrogen-bond donors (Lipinski definition) is 1. The van der Waals surface area contributed by atoms with Crippen molar-refractivity contribution in [2.24, 2.45) is 0 Å². The molecule has 3 heterocycles. The molecule has 2 aromatic heterocycles. The monoisotopic (exact) mass is 359 g/mol. The van der Waals surface area contributed by atoms with Gasteiger partial charge in [0.05, 0.1) is 19.9 Å². The van der Waals surface area contributed by atoms with Crippen LogP contribution in [0.2, 0.25) is 0 Å². The Morgan fingerprint density at radius 3 is 2.81 bits per heavy atom. The average Bonchev–Trinajstić information content (AvgIpc) is 3.12. The zero-order valence-corrected chi connectivity index (χ0v) is 15.6. The first-order valence-electron chi connectivity index (χ1n) is 8.79. The number of piperidine rings is 1. The SMILES string of the molecule is COc1cc(C(=O)N2CCC[C@@](O)(c3cn(C(C)C)nn3)C2)cc(C)n1. The number of amides is 1. The molecule has 1 aliphatic rings. The number of rotatable bonds is 4. The van der Waals surface area contributed by atoms with E-state index in [1.165, 1.54) is 7.11 Å². The molecule has 8 nitrogen and oxygen atoms in total. The van der Waals surface area contributed by atoms with Gasteiger partial charge in [0.2, 0.25) is 5.88 Å². The van der Waals surface area contributed by atoms with Crippen molar-refractivity contribution in [3.8, 4) is 5.88 Å². The molecule has 8 heteroatoms. The van der Waals surface area contributed by atoms with E-state index in [-0.39, 0.29) is 18.5 Å². The molecule has 0 spiro atoms. The van der Waals surface area contributed by atoms with Crippen LogP contribution in [-0.2, 0) is 5.60 Å². The Bertz CT molecular complexity index is 804. The van der Waals surface area contributed by atoms with E-state index in [1.807, 2.05) is 20.8 Å². The maximum absolute atomic E-state index is 12.9. The number of methoxy groups -OCH3 is 1. The molecule has 0 unspecified atom stereocenters. The Hall–Kier alpha value is -2.48. The van der Waals surface area contributed by atoms with Crippen LogP contribution in [-0.4, -0.2) is 56.1 Å². The van der Waals surface area contributed by atoms with E-state index in [9.17, 15) is 9.90 Å². The molecule has 1 fully saturated rings. The van der Waals surface area contributed by atoms with E-state index in [4.69, 9.17) is 4.74 Å². The predicted molar refractivity (Wildman–Crippen MR) is 95.0 cm³/mol. The van der Waals surface area contributed by atoms with E-state index in [2.05, 4.69) is 15.3 Å². The van der Waals surface area contributed by atoms with Crippen molar-refractivity contribution in [3.05, 3.63) is 35.3 Å². The molecule has 140 valence electrons. The van der Waals surface area contributed by atoms with Crippen molar-refractivity contribution in [2.45, 2.75) is 45.3 Å². The summed E-state index contributed by atoms with van der Waals surface area (Å²) in [6.45, 7) is 6.59. The van der Waals surface area contributed by atoms with Crippen molar-refractivity contribution in [1.29, 1.82) is 0 Å². The number of pyridine rings is 1. The fourth-order valence-corrected chi connectivity index (χ4v) is 3.21. The molecule has 2 aromatic rings. The van der Waals surface area contributed by atoms with Crippen LogP contribution in [0.5, 0.6) is 5.88 Å². The third-order valence-corrected chi connectivity index (χ3v) is 4.66. The standard InChI is InChI=1S/C18H25N5O3/c1-12(2)23-10-15(20-21-23)18(25)6-5-7-22(11-18)17(24)14-8-13(3)19-16(9-14)26-4/h8-10,12,25H,5-7,11H2,1-4H3/t18-/m0/s1.